The van der Waals surface area contributed by atoms with Crippen LogP contribution in [-0.2, 0) is 17.9 Å². The first-order valence-electron chi connectivity index (χ1n) is 8.45. The second-order valence-electron chi connectivity index (χ2n) is 7.02. The molecule has 1 aromatic rings. The maximum absolute atomic E-state index is 6.10. The van der Waals surface area contributed by atoms with Gasteiger partial charge in [0.05, 0.1) is 19.3 Å². The minimum atomic E-state index is 0.436. The van der Waals surface area contributed by atoms with Gasteiger partial charge in [-0.15, -0.1) is 0 Å². The van der Waals surface area contributed by atoms with Crippen LogP contribution in [0, 0.1) is 18.8 Å². The van der Waals surface area contributed by atoms with Crippen LogP contribution in [-0.4, -0.2) is 12.6 Å². The molecule has 3 heteroatoms. The number of furan rings is 1. The molecule has 1 N–H and O–H groups in total. The van der Waals surface area contributed by atoms with E-state index < -0.39 is 0 Å². The Morgan fingerprint density at radius 2 is 2.19 bits per heavy atom. The zero-order valence-electron chi connectivity index (χ0n) is 14.1. The molecule has 120 valence electrons. The van der Waals surface area contributed by atoms with Gasteiger partial charge in [-0.3, -0.25) is 0 Å². The first kappa shape index (κ1) is 16.6. The fourth-order valence-electron chi connectivity index (χ4n) is 3.04. The highest BCUT2D eigenvalue weighted by Crippen LogP contribution is 2.27. The van der Waals surface area contributed by atoms with Crippen molar-refractivity contribution in [3.63, 3.8) is 0 Å². The van der Waals surface area contributed by atoms with Crippen molar-refractivity contribution in [3.05, 3.63) is 23.2 Å². The molecule has 0 bridgehead atoms. The van der Waals surface area contributed by atoms with E-state index in [4.69, 9.17) is 9.15 Å². The summed E-state index contributed by atoms with van der Waals surface area (Å²) in [5.74, 6) is 3.49. The summed E-state index contributed by atoms with van der Waals surface area (Å²) in [6, 6.07) is 2.15. The van der Waals surface area contributed by atoms with E-state index in [2.05, 4.69) is 32.2 Å². The molecule has 0 saturated heterocycles. The zero-order chi connectivity index (χ0) is 15.2. The van der Waals surface area contributed by atoms with E-state index in [9.17, 15) is 0 Å². The monoisotopic (exact) mass is 293 g/mol. The molecule has 0 amide bonds. The van der Waals surface area contributed by atoms with Gasteiger partial charge in [0.1, 0.15) is 11.5 Å². The average Bonchev–Trinajstić information content (AvgIpc) is 2.76. The van der Waals surface area contributed by atoms with Crippen molar-refractivity contribution >= 4 is 0 Å². The Morgan fingerprint density at radius 3 is 2.90 bits per heavy atom. The van der Waals surface area contributed by atoms with Crippen LogP contribution in [0.1, 0.15) is 63.5 Å². The molecule has 0 aromatic carbocycles. The molecule has 1 aromatic heterocycles. The summed E-state index contributed by atoms with van der Waals surface area (Å²) in [5, 5.41) is 3.42. The van der Waals surface area contributed by atoms with Crippen molar-refractivity contribution in [3.8, 4) is 0 Å². The predicted molar refractivity (Wildman–Crippen MR) is 86.2 cm³/mol. The van der Waals surface area contributed by atoms with Crippen molar-refractivity contribution in [1.29, 1.82) is 0 Å². The van der Waals surface area contributed by atoms with Crippen molar-refractivity contribution < 1.29 is 9.15 Å². The predicted octanol–water partition coefficient (Wildman–Crippen LogP) is 4.43. The highest BCUT2D eigenvalue weighted by Gasteiger charge is 2.20. The van der Waals surface area contributed by atoms with E-state index in [0.717, 1.165) is 30.5 Å². The largest absolute Gasteiger partial charge is 0.465 e. The fraction of sp³-hybridized carbons (Fsp3) is 0.778. The van der Waals surface area contributed by atoms with Gasteiger partial charge in [-0.25, -0.2) is 0 Å². The van der Waals surface area contributed by atoms with E-state index in [1.54, 1.807) is 0 Å². The van der Waals surface area contributed by atoms with Crippen molar-refractivity contribution in [2.75, 3.05) is 6.54 Å². The molecule has 1 saturated carbocycles. The van der Waals surface area contributed by atoms with Crippen LogP contribution < -0.4 is 5.32 Å². The van der Waals surface area contributed by atoms with Gasteiger partial charge in [-0.05, 0) is 44.2 Å². The fourth-order valence-corrected chi connectivity index (χ4v) is 3.04. The van der Waals surface area contributed by atoms with Crippen LogP contribution in [0.5, 0.6) is 0 Å². The van der Waals surface area contributed by atoms with Gasteiger partial charge < -0.3 is 14.5 Å². The quantitative estimate of drug-likeness (QED) is 0.807. The van der Waals surface area contributed by atoms with Gasteiger partial charge in [-0.1, -0.05) is 33.6 Å². The lowest BCUT2D eigenvalue weighted by atomic mass is 9.89. The third-order valence-electron chi connectivity index (χ3n) is 4.29. The van der Waals surface area contributed by atoms with Crippen molar-refractivity contribution in [2.24, 2.45) is 11.8 Å². The number of hydrogen-bond donors (Lipinski definition) is 1. The van der Waals surface area contributed by atoms with Gasteiger partial charge in [0.25, 0.3) is 0 Å². The minimum Gasteiger partial charge on any atom is -0.465 e. The molecule has 1 aliphatic rings. The molecule has 1 aliphatic carbocycles. The molecule has 0 radical (unpaired) electrons. The number of aryl methyl sites for hydroxylation is 1. The SMILES string of the molecule is Cc1oc(CNCC(C)C)cc1COC1CCCC(C)C1. The first-order valence-corrected chi connectivity index (χ1v) is 8.45. The average molecular weight is 293 g/mol. The summed E-state index contributed by atoms with van der Waals surface area (Å²) in [7, 11) is 0. The topological polar surface area (TPSA) is 34.4 Å². The normalized spacial score (nSPS) is 22.9. The Morgan fingerprint density at radius 1 is 1.38 bits per heavy atom. The summed E-state index contributed by atoms with van der Waals surface area (Å²) in [5.41, 5.74) is 1.20. The molecule has 1 heterocycles. The Balaban J connectivity index is 1.79. The molecular formula is C18H31NO2. The van der Waals surface area contributed by atoms with Gasteiger partial charge in [-0.2, -0.15) is 0 Å². The van der Waals surface area contributed by atoms with E-state index >= 15 is 0 Å². The minimum absolute atomic E-state index is 0.436. The zero-order valence-corrected chi connectivity index (χ0v) is 14.1. The third kappa shape index (κ3) is 5.48. The lowest BCUT2D eigenvalue weighted by Gasteiger charge is -2.26. The molecule has 3 nitrogen and oxygen atoms in total. The van der Waals surface area contributed by atoms with Crippen LogP contribution >= 0.6 is 0 Å². The number of nitrogens with one attached hydrogen (secondary N) is 1. The summed E-state index contributed by atoms with van der Waals surface area (Å²) >= 11 is 0. The number of ether oxygens (including phenoxy) is 1. The van der Waals surface area contributed by atoms with Gasteiger partial charge in [0, 0.05) is 5.56 Å². The first-order chi connectivity index (χ1) is 10.0. The molecule has 2 rings (SSSR count). The summed E-state index contributed by atoms with van der Waals surface area (Å²) in [6.45, 7) is 11.3. The van der Waals surface area contributed by atoms with Gasteiger partial charge >= 0.3 is 0 Å². The van der Waals surface area contributed by atoms with E-state index in [1.165, 1.54) is 31.2 Å². The Bertz CT molecular complexity index is 425. The smallest absolute Gasteiger partial charge is 0.118 e. The van der Waals surface area contributed by atoms with Crippen LogP contribution in [0.2, 0.25) is 0 Å². The second-order valence-corrected chi connectivity index (χ2v) is 7.02. The van der Waals surface area contributed by atoms with Crippen molar-refractivity contribution in [1.82, 2.24) is 5.32 Å². The van der Waals surface area contributed by atoms with Gasteiger partial charge in [0.2, 0.25) is 0 Å². The third-order valence-corrected chi connectivity index (χ3v) is 4.29. The maximum atomic E-state index is 6.10. The summed E-state index contributed by atoms with van der Waals surface area (Å²) in [4.78, 5) is 0. The van der Waals surface area contributed by atoms with Crippen LogP contribution in [0.25, 0.3) is 0 Å². The second kappa shape index (κ2) is 8.00. The molecule has 0 spiro atoms. The van der Waals surface area contributed by atoms with Crippen LogP contribution in [0.3, 0.4) is 0 Å². The lowest BCUT2D eigenvalue weighted by molar-refractivity contribution is 0.00423. The molecule has 0 aliphatic heterocycles. The van der Waals surface area contributed by atoms with Crippen LogP contribution in [0.4, 0.5) is 0 Å². The van der Waals surface area contributed by atoms with Gasteiger partial charge in [0.15, 0.2) is 0 Å². The molecule has 1 fully saturated rings. The Labute approximate surface area is 129 Å². The molecular weight excluding hydrogens is 262 g/mol. The number of hydrogen-bond acceptors (Lipinski definition) is 3. The highest BCUT2D eigenvalue weighted by molar-refractivity contribution is 5.20. The molecule has 21 heavy (non-hydrogen) atoms. The van der Waals surface area contributed by atoms with Crippen LogP contribution in [0.15, 0.2) is 10.5 Å². The Hall–Kier alpha value is -0.800. The standard InChI is InChI=1S/C18H31NO2/c1-13(2)10-19-11-18-9-16(15(4)21-18)12-20-17-7-5-6-14(3)8-17/h9,13-14,17,19H,5-8,10-12H2,1-4H3. The maximum Gasteiger partial charge on any atom is 0.118 e. The summed E-state index contributed by atoms with van der Waals surface area (Å²) in [6.07, 6.45) is 5.52. The number of rotatable bonds is 7. The van der Waals surface area contributed by atoms with E-state index in [-0.39, 0.29) is 0 Å². The highest BCUT2D eigenvalue weighted by atomic mass is 16.5. The summed E-state index contributed by atoms with van der Waals surface area (Å²) < 4.78 is 11.9. The lowest BCUT2D eigenvalue weighted by Crippen LogP contribution is -2.21. The molecule has 2 unspecified atom stereocenters. The van der Waals surface area contributed by atoms with E-state index in [1.807, 2.05) is 6.92 Å². The molecule has 2 atom stereocenters. The van der Waals surface area contributed by atoms with Crippen molar-refractivity contribution in [2.45, 2.75) is 72.6 Å². The van der Waals surface area contributed by atoms with E-state index in [0.29, 0.717) is 18.6 Å². The Kier molecular flexibility index (Phi) is 6.31.